The van der Waals surface area contributed by atoms with Gasteiger partial charge in [0.1, 0.15) is 11.5 Å². The normalized spacial score (nSPS) is 38.2. The summed E-state index contributed by atoms with van der Waals surface area (Å²) in [4.78, 5) is 27.7. The van der Waals surface area contributed by atoms with E-state index in [2.05, 4.69) is 0 Å². The van der Waals surface area contributed by atoms with Crippen LogP contribution in [0.2, 0.25) is 0 Å². The van der Waals surface area contributed by atoms with Crippen LogP contribution >= 0.6 is 0 Å². The largest absolute Gasteiger partial charge is 0.465 e. The van der Waals surface area contributed by atoms with Crippen molar-refractivity contribution < 1.29 is 19.1 Å². The van der Waals surface area contributed by atoms with Gasteiger partial charge in [0.2, 0.25) is 5.91 Å². The van der Waals surface area contributed by atoms with E-state index < -0.39 is 17.4 Å². The van der Waals surface area contributed by atoms with Crippen molar-refractivity contribution in [1.82, 2.24) is 4.90 Å². The van der Waals surface area contributed by atoms with Gasteiger partial charge in [0.25, 0.3) is 0 Å². The molecular formula is C19H27NO4. The van der Waals surface area contributed by atoms with Crippen LogP contribution in [0.5, 0.6) is 0 Å². The summed E-state index contributed by atoms with van der Waals surface area (Å²) in [6.07, 6.45) is 9.46. The monoisotopic (exact) mass is 333 g/mol. The summed E-state index contributed by atoms with van der Waals surface area (Å²) in [5.74, 6) is -0.760. The molecule has 2 bridgehead atoms. The third-order valence-electron chi connectivity index (χ3n) is 5.98. The van der Waals surface area contributed by atoms with Crippen LogP contribution in [0, 0.1) is 17.8 Å². The van der Waals surface area contributed by atoms with Gasteiger partial charge in [-0.15, -0.1) is 0 Å². The summed E-state index contributed by atoms with van der Waals surface area (Å²) in [5, 5.41) is 0. The second-order valence-corrected chi connectivity index (χ2v) is 8.18. The number of likely N-dealkylation sites (tertiary alicyclic amines) is 1. The van der Waals surface area contributed by atoms with Gasteiger partial charge in [0.05, 0.1) is 25.2 Å². The van der Waals surface area contributed by atoms with Crippen LogP contribution < -0.4 is 0 Å². The maximum atomic E-state index is 13.1. The standard InChI is InChI=1S/C19H27NO4/c1-12(2)10-23-18(22)15-14-8-9-19(24-14)11-20(17(21)16(15)19)13-6-4-3-5-7-13/h8-9,12-16H,3-7,10-11H2,1-2H3/t14-,15+,16-,19+/m0/s1. The molecule has 2 saturated heterocycles. The van der Waals surface area contributed by atoms with Gasteiger partial charge in [-0.05, 0) is 18.8 Å². The zero-order valence-corrected chi connectivity index (χ0v) is 14.6. The number of amides is 1. The van der Waals surface area contributed by atoms with Crippen molar-refractivity contribution in [2.45, 2.75) is 63.7 Å². The number of fused-ring (bicyclic) bond motifs is 1. The quantitative estimate of drug-likeness (QED) is 0.585. The lowest BCUT2D eigenvalue weighted by atomic mass is 9.77. The second kappa shape index (κ2) is 5.87. The molecule has 4 aliphatic rings. The number of rotatable bonds is 4. The Hall–Kier alpha value is -1.36. The molecular weight excluding hydrogens is 306 g/mol. The maximum Gasteiger partial charge on any atom is 0.312 e. The fourth-order valence-electron chi connectivity index (χ4n) is 4.84. The van der Waals surface area contributed by atoms with E-state index in [1.54, 1.807) is 0 Å². The summed E-state index contributed by atoms with van der Waals surface area (Å²) >= 11 is 0. The molecule has 0 aromatic carbocycles. The Morgan fingerprint density at radius 1 is 1.38 bits per heavy atom. The van der Waals surface area contributed by atoms with Crippen molar-refractivity contribution in [2.24, 2.45) is 17.8 Å². The number of hydrogen-bond donors (Lipinski definition) is 0. The molecule has 3 heterocycles. The molecule has 5 heteroatoms. The Balaban J connectivity index is 1.54. The van der Waals surface area contributed by atoms with Crippen LogP contribution in [0.3, 0.4) is 0 Å². The SMILES string of the molecule is CC(C)COC(=O)[C@@H]1[C@@H]2C=C[C@]3(CN(C4CCCCC4)C(=O)[C@H]13)O2. The van der Waals surface area contributed by atoms with E-state index in [0.717, 1.165) is 12.8 Å². The number of ether oxygens (including phenoxy) is 2. The first-order valence-corrected chi connectivity index (χ1v) is 9.36. The fourth-order valence-corrected chi connectivity index (χ4v) is 4.84. The van der Waals surface area contributed by atoms with Gasteiger partial charge in [0.15, 0.2) is 0 Å². The van der Waals surface area contributed by atoms with E-state index >= 15 is 0 Å². The molecule has 0 radical (unpaired) electrons. The van der Waals surface area contributed by atoms with Crippen molar-refractivity contribution in [1.29, 1.82) is 0 Å². The fraction of sp³-hybridized carbons (Fsp3) is 0.789. The molecule has 0 N–H and O–H groups in total. The molecule has 4 rings (SSSR count). The maximum absolute atomic E-state index is 13.1. The minimum atomic E-state index is -0.597. The number of nitrogens with zero attached hydrogens (tertiary/aromatic N) is 1. The highest BCUT2D eigenvalue weighted by atomic mass is 16.6. The molecule has 3 aliphatic heterocycles. The highest BCUT2D eigenvalue weighted by Crippen LogP contribution is 2.53. The third-order valence-corrected chi connectivity index (χ3v) is 5.98. The molecule has 24 heavy (non-hydrogen) atoms. The van der Waals surface area contributed by atoms with E-state index in [0.29, 0.717) is 19.2 Å². The van der Waals surface area contributed by atoms with Crippen LogP contribution in [0.25, 0.3) is 0 Å². The van der Waals surface area contributed by atoms with Crippen LogP contribution in [-0.4, -0.2) is 47.7 Å². The predicted octanol–water partition coefficient (Wildman–Crippen LogP) is 2.30. The highest BCUT2D eigenvalue weighted by Gasteiger charge is 2.67. The Morgan fingerprint density at radius 3 is 2.83 bits per heavy atom. The molecule has 1 amide bonds. The van der Waals surface area contributed by atoms with Crippen LogP contribution in [-0.2, 0) is 19.1 Å². The summed E-state index contributed by atoms with van der Waals surface area (Å²) < 4.78 is 11.6. The van der Waals surface area contributed by atoms with Crippen molar-refractivity contribution in [3.8, 4) is 0 Å². The van der Waals surface area contributed by atoms with Gasteiger partial charge in [-0.25, -0.2) is 0 Å². The van der Waals surface area contributed by atoms with Gasteiger partial charge in [-0.3, -0.25) is 9.59 Å². The summed E-state index contributed by atoms with van der Waals surface area (Å²) in [7, 11) is 0. The van der Waals surface area contributed by atoms with Gasteiger partial charge in [-0.2, -0.15) is 0 Å². The summed E-state index contributed by atoms with van der Waals surface area (Å²) in [6, 6.07) is 0.314. The number of esters is 1. The minimum Gasteiger partial charge on any atom is -0.465 e. The zero-order valence-electron chi connectivity index (χ0n) is 14.6. The van der Waals surface area contributed by atoms with Crippen molar-refractivity contribution in [3.05, 3.63) is 12.2 Å². The van der Waals surface area contributed by atoms with Crippen LogP contribution in [0.15, 0.2) is 12.2 Å². The van der Waals surface area contributed by atoms with Crippen molar-refractivity contribution in [3.63, 3.8) is 0 Å². The first kappa shape index (κ1) is 16.1. The number of carbonyl (C=O) groups is 2. The molecule has 0 unspecified atom stereocenters. The molecule has 0 aromatic rings. The molecule has 5 nitrogen and oxygen atoms in total. The molecule has 1 aliphatic carbocycles. The van der Waals surface area contributed by atoms with E-state index in [4.69, 9.17) is 9.47 Å². The second-order valence-electron chi connectivity index (χ2n) is 8.18. The van der Waals surface area contributed by atoms with Crippen molar-refractivity contribution >= 4 is 11.9 Å². The lowest BCUT2D eigenvalue weighted by molar-refractivity contribution is -0.155. The summed E-state index contributed by atoms with van der Waals surface area (Å²) in [6.45, 7) is 5.02. The molecule has 1 spiro atoms. The van der Waals surface area contributed by atoms with Crippen LogP contribution in [0.4, 0.5) is 0 Å². The van der Waals surface area contributed by atoms with Gasteiger partial charge < -0.3 is 14.4 Å². The Labute approximate surface area is 143 Å². The van der Waals surface area contributed by atoms with E-state index in [9.17, 15) is 9.59 Å². The average molecular weight is 333 g/mol. The molecule has 0 aromatic heterocycles. The van der Waals surface area contributed by atoms with Gasteiger partial charge >= 0.3 is 5.97 Å². The topological polar surface area (TPSA) is 55.8 Å². The Morgan fingerprint density at radius 2 is 2.12 bits per heavy atom. The van der Waals surface area contributed by atoms with Gasteiger partial charge in [-0.1, -0.05) is 45.3 Å². The molecule has 1 saturated carbocycles. The smallest absolute Gasteiger partial charge is 0.312 e. The van der Waals surface area contributed by atoms with E-state index in [1.165, 1.54) is 19.3 Å². The lowest BCUT2D eigenvalue weighted by Gasteiger charge is -2.32. The van der Waals surface area contributed by atoms with Crippen molar-refractivity contribution in [2.75, 3.05) is 13.2 Å². The zero-order chi connectivity index (χ0) is 16.9. The van der Waals surface area contributed by atoms with E-state index in [1.807, 2.05) is 30.9 Å². The third kappa shape index (κ3) is 2.40. The summed E-state index contributed by atoms with van der Waals surface area (Å²) in [5.41, 5.74) is -0.597. The number of carbonyl (C=O) groups excluding carboxylic acids is 2. The number of hydrogen-bond acceptors (Lipinski definition) is 4. The molecule has 4 atom stereocenters. The first-order valence-electron chi connectivity index (χ1n) is 9.36. The molecule has 132 valence electrons. The lowest BCUT2D eigenvalue weighted by Crippen LogP contribution is -2.42. The Kier molecular flexibility index (Phi) is 3.94. The minimum absolute atomic E-state index is 0.0975. The highest BCUT2D eigenvalue weighted by molar-refractivity contribution is 5.91. The van der Waals surface area contributed by atoms with Crippen LogP contribution in [0.1, 0.15) is 46.0 Å². The first-order chi connectivity index (χ1) is 11.5. The van der Waals surface area contributed by atoms with E-state index in [-0.39, 0.29) is 23.9 Å². The predicted molar refractivity (Wildman–Crippen MR) is 88.1 cm³/mol. The molecule has 3 fully saturated rings. The Bertz CT molecular complexity index is 566. The van der Waals surface area contributed by atoms with Gasteiger partial charge in [0, 0.05) is 6.04 Å². The average Bonchev–Trinajstić information content (AvgIpc) is 3.22.